The van der Waals surface area contributed by atoms with E-state index in [1.807, 2.05) is 0 Å². The first-order valence-corrected chi connectivity index (χ1v) is 13.3. The summed E-state index contributed by atoms with van der Waals surface area (Å²) < 4.78 is 43.0. The number of benzene rings is 3. The number of aliphatic carboxylic acids is 1. The molecule has 1 aliphatic heterocycles. The van der Waals surface area contributed by atoms with Gasteiger partial charge in [0.25, 0.3) is 5.56 Å². The molecule has 3 heterocycles. The standard InChI is InChI=1S/C30H24F3N5O4/c1-30(29-35-23-14-18(32)13-21(33)27(23)36-29)15-24(37-42-30)16-6-11-20-22(12-16)34-25(4-2-3-5-26(39)40)38(28(20)41)19-9-7-17(31)8-10-19/h6-14H,2-5,15H2,1H3,(H,35,36)(H,39,40). The van der Waals surface area contributed by atoms with Gasteiger partial charge in [-0.3, -0.25) is 14.2 Å². The van der Waals surface area contributed by atoms with E-state index in [4.69, 9.17) is 14.9 Å². The molecular weight excluding hydrogens is 551 g/mol. The minimum Gasteiger partial charge on any atom is -0.481 e. The maximum Gasteiger partial charge on any atom is 0.303 e. The second-order valence-corrected chi connectivity index (χ2v) is 10.4. The van der Waals surface area contributed by atoms with E-state index in [0.717, 1.165) is 12.1 Å². The highest BCUT2D eigenvalue weighted by atomic mass is 19.1. The van der Waals surface area contributed by atoms with E-state index in [9.17, 15) is 22.8 Å². The average Bonchev–Trinajstić information content (AvgIpc) is 3.57. The highest BCUT2D eigenvalue weighted by Gasteiger charge is 2.40. The lowest BCUT2D eigenvalue weighted by atomic mass is 9.95. The van der Waals surface area contributed by atoms with Gasteiger partial charge in [0.2, 0.25) is 0 Å². The number of oxime groups is 1. The van der Waals surface area contributed by atoms with Gasteiger partial charge in [-0.15, -0.1) is 0 Å². The Labute approximate surface area is 236 Å². The Morgan fingerprint density at radius 3 is 2.57 bits per heavy atom. The lowest BCUT2D eigenvalue weighted by Gasteiger charge is -2.18. The summed E-state index contributed by atoms with van der Waals surface area (Å²) in [6, 6.07) is 12.5. The molecule has 6 rings (SSSR count). The number of fused-ring (bicyclic) bond motifs is 2. The van der Waals surface area contributed by atoms with Crippen LogP contribution in [-0.4, -0.2) is 36.3 Å². The number of unbranched alkanes of at least 4 members (excludes halogenated alkanes) is 1. The minimum atomic E-state index is -1.08. The summed E-state index contributed by atoms with van der Waals surface area (Å²) in [5.74, 6) is -2.17. The highest BCUT2D eigenvalue weighted by molar-refractivity contribution is 6.04. The van der Waals surface area contributed by atoms with Crippen molar-refractivity contribution < 1.29 is 27.9 Å². The van der Waals surface area contributed by atoms with Crippen molar-refractivity contribution in [2.45, 2.75) is 44.6 Å². The Kier molecular flexibility index (Phi) is 6.76. The number of rotatable bonds is 8. The van der Waals surface area contributed by atoms with Crippen molar-refractivity contribution in [3.63, 3.8) is 0 Å². The van der Waals surface area contributed by atoms with Crippen molar-refractivity contribution in [3.05, 3.63) is 99.6 Å². The first-order chi connectivity index (χ1) is 20.1. The fourth-order valence-corrected chi connectivity index (χ4v) is 5.11. The number of carboxylic acids is 1. The van der Waals surface area contributed by atoms with E-state index in [1.54, 1.807) is 25.1 Å². The van der Waals surface area contributed by atoms with Gasteiger partial charge in [0.1, 0.15) is 23.0 Å². The summed E-state index contributed by atoms with van der Waals surface area (Å²) in [5, 5.41) is 13.6. The predicted molar refractivity (Wildman–Crippen MR) is 148 cm³/mol. The molecule has 1 atom stereocenters. The molecule has 2 N–H and O–H groups in total. The first-order valence-electron chi connectivity index (χ1n) is 13.3. The Hall–Kier alpha value is -5.00. The lowest BCUT2D eigenvalue weighted by Crippen LogP contribution is -2.25. The van der Waals surface area contributed by atoms with Crippen LogP contribution in [0.3, 0.4) is 0 Å². The van der Waals surface area contributed by atoms with Gasteiger partial charge in [-0.05, 0) is 56.2 Å². The summed E-state index contributed by atoms with van der Waals surface area (Å²) in [4.78, 5) is 42.3. The van der Waals surface area contributed by atoms with Crippen LogP contribution in [0.4, 0.5) is 13.2 Å². The Morgan fingerprint density at radius 1 is 1.02 bits per heavy atom. The van der Waals surface area contributed by atoms with Crippen molar-refractivity contribution in [1.82, 2.24) is 19.5 Å². The lowest BCUT2D eigenvalue weighted by molar-refractivity contribution is -0.137. The van der Waals surface area contributed by atoms with Crippen LogP contribution in [0.15, 0.2) is 64.5 Å². The number of nitrogens with zero attached hydrogens (tertiary/aromatic N) is 4. The topological polar surface area (TPSA) is 122 Å². The smallest absolute Gasteiger partial charge is 0.303 e. The SMILES string of the molecule is CC1(c2nc3cc(F)cc(F)c3[nH]2)CC(c2ccc3c(=O)n(-c4ccc(F)cc4)c(CCCCC(=O)O)nc3c2)=NO1. The van der Waals surface area contributed by atoms with Gasteiger partial charge in [-0.1, -0.05) is 11.2 Å². The number of H-pyrrole nitrogens is 1. The van der Waals surface area contributed by atoms with Gasteiger partial charge < -0.3 is 14.9 Å². The molecule has 0 fully saturated rings. The number of nitrogens with one attached hydrogen (secondary N) is 1. The molecule has 0 spiro atoms. The zero-order valence-corrected chi connectivity index (χ0v) is 22.3. The Morgan fingerprint density at radius 2 is 1.81 bits per heavy atom. The number of aryl methyl sites for hydroxylation is 1. The summed E-state index contributed by atoms with van der Waals surface area (Å²) >= 11 is 0. The molecule has 0 bridgehead atoms. The fraction of sp³-hybridized carbons (Fsp3) is 0.233. The molecular formula is C30H24F3N5O4. The number of hydrogen-bond donors (Lipinski definition) is 2. The molecule has 12 heteroatoms. The van der Waals surface area contributed by atoms with Crippen LogP contribution in [0.2, 0.25) is 0 Å². The molecule has 42 heavy (non-hydrogen) atoms. The number of carbonyl (C=O) groups is 1. The molecule has 3 aromatic carbocycles. The van der Waals surface area contributed by atoms with Gasteiger partial charge >= 0.3 is 5.97 Å². The molecule has 1 aliphatic rings. The normalized spacial score (nSPS) is 16.6. The van der Waals surface area contributed by atoms with Crippen LogP contribution in [0.5, 0.6) is 0 Å². The third-order valence-corrected chi connectivity index (χ3v) is 7.27. The largest absolute Gasteiger partial charge is 0.481 e. The van der Waals surface area contributed by atoms with Crippen LogP contribution in [0.25, 0.3) is 27.6 Å². The van der Waals surface area contributed by atoms with Crippen molar-refractivity contribution in [2.75, 3.05) is 0 Å². The van der Waals surface area contributed by atoms with Crippen molar-refractivity contribution in [2.24, 2.45) is 5.16 Å². The van der Waals surface area contributed by atoms with Crippen LogP contribution in [0, 0.1) is 17.5 Å². The van der Waals surface area contributed by atoms with E-state index in [0.29, 0.717) is 53.0 Å². The van der Waals surface area contributed by atoms with Crippen LogP contribution in [-0.2, 0) is 21.7 Å². The quantitative estimate of drug-likeness (QED) is 0.235. The van der Waals surface area contributed by atoms with E-state index >= 15 is 0 Å². The molecule has 0 radical (unpaired) electrons. The Bertz CT molecular complexity index is 1950. The number of carboxylic acid groups (broad SMARTS) is 1. The summed E-state index contributed by atoms with van der Waals surface area (Å²) in [6.45, 7) is 1.73. The third-order valence-electron chi connectivity index (χ3n) is 7.27. The highest BCUT2D eigenvalue weighted by Crippen LogP contribution is 2.36. The van der Waals surface area contributed by atoms with Crippen molar-refractivity contribution >= 4 is 33.6 Å². The molecule has 9 nitrogen and oxygen atoms in total. The Balaban J connectivity index is 1.34. The van der Waals surface area contributed by atoms with E-state index in [-0.39, 0.29) is 35.3 Å². The molecule has 0 aliphatic carbocycles. The van der Waals surface area contributed by atoms with Crippen molar-refractivity contribution in [1.29, 1.82) is 0 Å². The number of aromatic amines is 1. The van der Waals surface area contributed by atoms with Gasteiger partial charge in [0.05, 0.1) is 27.8 Å². The second-order valence-electron chi connectivity index (χ2n) is 10.4. The predicted octanol–water partition coefficient (Wildman–Crippen LogP) is 5.52. The first kappa shape index (κ1) is 27.2. The van der Waals surface area contributed by atoms with Gasteiger partial charge in [-0.2, -0.15) is 0 Å². The number of halogens is 3. The van der Waals surface area contributed by atoms with Crippen LogP contribution in [0.1, 0.15) is 49.8 Å². The monoisotopic (exact) mass is 575 g/mol. The molecule has 1 unspecified atom stereocenters. The van der Waals surface area contributed by atoms with Crippen molar-refractivity contribution in [3.8, 4) is 5.69 Å². The maximum atomic E-state index is 14.3. The number of imidazole rings is 1. The fourth-order valence-electron chi connectivity index (χ4n) is 5.11. The van der Waals surface area contributed by atoms with E-state index in [2.05, 4.69) is 15.1 Å². The summed E-state index contributed by atoms with van der Waals surface area (Å²) in [6.07, 6.45) is 1.44. The van der Waals surface area contributed by atoms with Gasteiger partial charge in [0, 0.05) is 37.0 Å². The van der Waals surface area contributed by atoms with Gasteiger partial charge in [-0.25, -0.2) is 23.1 Å². The van der Waals surface area contributed by atoms with E-state index in [1.165, 1.54) is 28.8 Å². The molecule has 2 aromatic heterocycles. The maximum absolute atomic E-state index is 14.3. The molecule has 214 valence electrons. The third kappa shape index (κ3) is 5.00. The summed E-state index contributed by atoms with van der Waals surface area (Å²) in [7, 11) is 0. The number of aromatic nitrogens is 4. The zero-order valence-electron chi connectivity index (χ0n) is 22.3. The summed E-state index contributed by atoms with van der Waals surface area (Å²) in [5.41, 5.74) is 0.790. The zero-order chi connectivity index (χ0) is 29.6. The van der Waals surface area contributed by atoms with E-state index < -0.39 is 29.0 Å². The second kappa shape index (κ2) is 10.4. The van der Waals surface area contributed by atoms with Crippen LogP contribution >= 0.6 is 0 Å². The minimum absolute atomic E-state index is 0.0100. The molecule has 0 saturated carbocycles. The molecule has 5 aromatic rings. The molecule has 0 amide bonds. The van der Waals surface area contributed by atoms with Gasteiger partial charge in [0.15, 0.2) is 17.2 Å². The number of hydrogen-bond acceptors (Lipinski definition) is 6. The molecule has 0 saturated heterocycles. The van der Waals surface area contributed by atoms with Crippen LogP contribution < -0.4 is 5.56 Å². The average molecular weight is 576 g/mol.